The minimum absolute atomic E-state index is 0.0360. The van der Waals surface area contributed by atoms with E-state index < -0.39 is 0 Å². The Morgan fingerprint density at radius 2 is 2.05 bits per heavy atom. The number of benzene rings is 1. The highest BCUT2D eigenvalue weighted by atomic mass is 35.5. The average molecular weight is 311 g/mol. The highest BCUT2D eigenvalue weighted by Crippen LogP contribution is 2.27. The third-order valence-electron chi connectivity index (χ3n) is 3.88. The number of amides is 1. The van der Waals surface area contributed by atoms with Crippen LogP contribution in [0.2, 0.25) is 5.02 Å². The zero-order valence-corrected chi connectivity index (χ0v) is 13.4. The summed E-state index contributed by atoms with van der Waals surface area (Å²) in [7, 11) is 1.58. The minimum Gasteiger partial charge on any atom is -0.495 e. The number of hydrogen-bond donors (Lipinski definition) is 2. The SMILES string of the molecule is COc1ccc(NC(C)C(=O)NC2CCCCC2)cc1Cl. The summed E-state index contributed by atoms with van der Waals surface area (Å²) in [5.41, 5.74) is 0.812. The lowest BCUT2D eigenvalue weighted by Gasteiger charge is -2.25. The topological polar surface area (TPSA) is 50.4 Å². The summed E-state index contributed by atoms with van der Waals surface area (Å²) in [6, 6.07) is 5.45. The molecule has 2 rings (SSSR count). The molecule has 1 aliphatic rings. The molecular formula is C16H23ClN2O2. The predicted octanol–water partition coefficient (Wildman–Crippen LogP) is 3.60. The van der Waals surface area contributed by atoms with Crippen LogP contribution in [0.15, 0.2) is 18.2 Å². The standard InChI is InChI=1S/C16H23ClN2O2/c1-11(16(20)19-12-6-4-3-5-7-12)18-13-8-9-15(21-2)14(17)10-13/h8-12,18H,3-7H2,1-2H3,(H,19,20). The maximum Gasteiger partial charge on any atom is 0.242 e. The highest BCUT2D eigenvalue weighted by Gasteiger charge is 2.19. The van der Waals surface area contributed by atoms with Gasteiger partial charge in [0.2, 0.25) is 5.91 Å². The third kappa shape index (κ3) is 4.53. The van der Waals surface area contributed by atoms with Crippen molar-refractivity contribution in [2.24, 2.45) is 0 Å². The van der Waals surface area contributed by atoms with Crippen molar-refractivity contribution in [1.82, 2.24) is 5.32 Å². The second-order valence-electron chi connectivity index (χ2n) is 5.56. The van der Waals surface area contributed by atoms with E-state index in [1.54, 1.807) is 19.2 Å². The van der Waals surface area contributed by atoms with Crippen molar-refractivity contribution in [1.29, 1.82) is 0 Å². The van der Waals surface area contributed by atoms with E-state index in [0.717, 1.165) is 18.5 Å². The zero-order chi connectivity index (χ0) is 15.2. The van der Waals surface area contributed by atoms with E-state index >= 15 is 0 Å². The summed E-state index contributed by atoms with van der Waals surface area (Å²) in [5, 5.41) is 6.82. The normalized spacial score (nSPS) is 17.1. The fraction of sp³-hybridized carbons (Fsp3) is 0.562. The van der Waals surface area contributed by atoms with Crippen molar-refractivity contribution in [2.75, 3.05) is 12.4 Å². The summed E-state index contributed by atoms with van der Waals surface area (Å²) >= 11 is 6.08. The van der Waals surface area contributed by atoms with E-state index in [1.165, 1.54) is 19.3 Å². The second kappa shape index (κ2) is 7.55. The lowest BCUT2D eigenvalue weighted by atomic mass is 9.95. The largest absolute Gasteiger partial charge is 0.495 e. The molecule has 1 amide bonds. The molecular weight excluding hydrogens is 288 g/mol. The Bertz CT molecular complexity index is 487. The summed E-state index contributed by atoms with van der Waals surface area (Å²) in [5.74, 6) is 0.662. The Morgan fingerprint density at radius 1 is 1.33 bits per heavy atom. The van der Waals surface area contributed by atoms with Crippen molar-refractivity contribution >= 4 is 23.2 Å². The molecule has 0 aliphatic heterocycles. The van der Waals surface area contributed by atoms with Crippen LogP contribution in [0.5, 0.6) is 5.75 Å². The van der Waals surface area contributed by atoms with Gasteiger partial charge in [-0.2, -0.15) is 0 Å². The molecule has 1 unspecified atom stereocenters. The molecule has 1 aromatic carbocycles. The van der Waals surface area contributed by atoms with Crippen LogP contribution in [0.1, 0.15) is 39.0 Å². The van der Waals surface area contributed by atoms with Crippen LogP contribution in [0.3, 0.4) is 0 Å². The Balaban J connectivity index is 1.89. The highest BCUT2D eigenvalue weighted by molar-refractivity contribution is 6.32. The number of carbonyl (C=O) groups excluding carboxylic acids is 1. The van der Waals surface area contributed by atoms with Gasteiger partial charge >= 0.3 is 0 Å². The summed E-state index contributed by atoms with van der Waals surface area (Å²) < 4.78 is 5.11. The third-order valence-corrected chi connectivity index (χ3v) is 4.18. The first kappa shape index (κ1) is 16.0. The van der Waals surface area contributed by atoms with Crippen LogP contribution in [0, 0.1) is 0 Å². The van der Waals surface area contributed by atoms with Crippen molar-refractivity contribution in [2.45, 2.75) is 51.1 Å². The molecule has 0 spiro atoms. The molecule has 21 heavy (non-hydrogen) atoms. The lowest BCUT2D eigenvalue weighted by molar-refractivity contribution is -0.122. The summed E-state index contributed by atoms with van der Waals surface area (Å²) in [6.45, 7) is 1.86. The predicted molar refractivity (Wildman–Crippen MR) is 86.1 cm³/mol. The Morgan fingerprint density at radius 3 is 2.67 bits per heavy atom. The van der Waals surface area contributed by atoms with Gasteiger partial charge in [0, 0.05) is 11.7 Å². The fourth-order valence-corrected chi connectivity index (χ4v) is 2.90. The van der Waals surface area contributed by atoms with E-state index in [2.05, 4.69) is 10.6 Å². The monoisotopic (exact) mass is 310 g/mol. The number of halogens is 1. The van der Waals surface area contributed by atoms with Gasteiger partial charge in [-0.15, -0.1) is 0 Å². The van der Waals surface area contributed by atoms with Crippen molar-refractivity contribution in [3.63, 3.8) is 0 Å². The molecule has 2 N–H and O–H groups in total. The van der Waals surface area contributed by atoms with E-state index in [4.69, 9.17) is 16.3 Å². The first-order valence-corrected chi connectivity index (χ1v) is 7.88. The van der Waals surface area contributed by atoms with E-state index in [9.17, 15) is 4.79 Å². The van der Waals surface area contributed by atoms with Gasteiger partial charge in [-0.05, 0) is 38.0 Å². The number of nitrogens with one attached hydrogen (secondary N) is 2. The number of rotatable bonds is 5. The Kier molecular flexibility index (Phi) is 5.74. The van der Waals surface area contributed by atoms with E-state index in [1.807, 2.05) is 13.0 Å². The van der Waals surface area contributed by atoms with Gasteiger partial charge in [-0.25, -0.2) is 0 Å². The molecule has 1 aromatic rings. The maximum absolute atomic E-state index is 12.2. The van der Waals surface area contributed by atoms with E-state index in [0.29, 0.717) is 16.8 Å². The van der Waals surface area contributed by atoms with Gasteiger partial charge in [0.15, 0.2) is 0 Å². The summed E-state index contributed by atoms with van der Waals surface area (Å²) in [6.07, 6.45) is 5.88. The molecule has 0 aromatic heterocycles. The first-order valence-electron chi connectivity index (χ1n) is 7.50. The maximum atomic E-state index is 12.2. The number of hydrogen-bond acceptors (Lipinski definition) is 3. The van der Waals surface area contributed by atoms with Crippen LogP contribution < -0.4 is 15.4 Å². The van der Waals surface area contributed by atoms with Gasteiger partial charge in [-0.3, -0.25) is 4.79 Å². The fourth-order valence-electron chi connectivity index (χ4n) is 2.64. The lowest BCUT2D eigenvalue weighted by Crippen LogP contribution is -2.43. The smallest absolute Gasteiger partial charge is 0.242 e. The van der Waals surface area contributed by atoms with Crippen LogP contribution in [-0.4, -0.2) is 25.1 Å². The van der Waals surface area contributed by atoms with Gasteiger partial charge < -0.3 is 15.4 Å². The number of ether oxygens (including phenoxy) is 1. The number of anilines is 1. The van der Waals surface area contributed by atoms with Crippen LogP contribution in [0.4, 0.5) is 5.69 Å². The number of methoxy groups -OCH3 is 1. The average Bonchev–Trinajstić information content (AvgIpc) is 2.48. The zero-order valence-electron chi connectivity index (χ0n) is 12.6. The molecule has 0 heterocycles. The molecule has 0 saturated heterocycles. The molecule has 4 nitrogen and oxygen atoms in total. The molecule has 0 radical (unpaired) electrons. The quantitative estimate of drug-likeness (QED) is 0.873. The molecule has 1 fully saturated rings. The molecule has 1 saturated carbocycles. The second-order valence-corrected chi connectivity index (χ2v) is 5.97. The van der Waals surface area contributed by atoms with Gasteiger partial charge in [0.05, 0.1) is 12.1 Å². The first-order chi connectivity index (χ1) is 10.1. The van der Waals surface area contributed by atoms with Gasteiger partial charge in [-0.1, -0.05) is 30.9 Å². The molecule has 5 heteroatoms. The Labute approximate surface area is 131 Å². The van der Waals surface area contributed by atoms with E-state index in [-0.39, 0.29) is 11.9 Å². The van der Waals surface area contributed by atoms with Crippen molar-refractivity contribution in [3.8, 4) is 5.75 Å². The van der Waals surface area contributed by atoms with Gasteiger partial charge in [0.1, 0.15) is 11.8 Å². The molecule has 116 valence electrons. The van der Waals surface area contributed by atoms with Crippen LogP contribution in [-0.2, 0) is 4.79 Å². The molecule has 1 aliphatic carbocycles. The molecule has 0 bridgehead atoms. The van der Waals surface area contributed by atoms with Crippen LogP contribution in [0.25, 0.3) is 0 Å². The Hall–Kier alpha value is -1.42. The molecule has 1 atom stereocenters. The van der Waals surface area contributed by atoms with Crippen LogP contribution >= 0.6 is 11.6 Å². The van der Waals surface area contributed by atoms with Gasteiger partial charge in [0.25, 0.3) is 0 Å². The number of carbonyl (C=O) groups is 1. The van der Waals surface area contributed by atoms with Crippen molar-refractivity contribution < 1.29 is 9.53 Å². The minimum atomic E-state index is -0.295. The summed E-state index contributed by atoms with van der Waals surface area (Å²) in [4.78, 5) is 12.2. The van der Waals surface area contributed by atoms with Crippen molar-refractivity contribution in [3.05, 3.63) is 23.2 Å².